The predicted octanol–water partition coefficient (Wildman–Crippen LogP) is 2.33. The van der Waals surface area contributed by atoms with E-state index in [-0.39, 0.29) is 18.3 Å². The summed E-state index contributed by atoms with van der Waals surface area (Å²) in [6.45, 7) is 3.84. The largest absolute Gasteiger partial charge is 0.465 e. The van der Waals surface area contributed by atoms with Gasteiger partial charge in [-0.1, -0.05) is 12.1 Å². The Kier molecular flexibility index (Phi) is 4.39. The lowest BCUT2D eigenvalue weighted by Crippen LogP contribution is -2.15. The van der Waals surface area contributed by atoms with Crippen LogP contribution in [0.4, 0.5) is 4.39 Å². The number of hydrogen-bond acceptors (Lipinski definition) is 6. The van der Waals surface area contributed by atoms with Crippen molar-refractivity contribution in [3.63, 3.8) is 0 Å². The quantitative estimate of drug-likeness (QED) is 0.782. The molecular weight excluding hydrogens is 265 g/mol. The summed E-state index contributed by atoms with van der Waals surface area (Å²) in [5.74, 6) is -1.07. The van der Waals surface area contributed by atoms with Gasteiger partial charge in [0.2, 0.25) is 11.7 Å². The normalized spacial score (nSPS) is 12.2. The number of hydrogen-bond donors (Lipinski definition) is 0. The molecule has 106 valence electrons. The second-order valence-corrected chi connectivity index (χ2v) is 4.03. The van der Waals surface area contributed by atoms with Crippen molar-refractivity contribution in [1.29, 1.82) is 0 Å². The summed E-state index contributed by atoms with van der Waals surface area (Å²) >= 11 is 0. The third kappa shape index (κ3) is 2.98. The van der Waals surface area contributed by atoms with Crippen LogP contribution in [-0.2, 0) is 9.53 Å². The number of carbonyl (C=O) groups is 1. The molecule has 0 N–H and O–H groups in total. The highest BCUT2D eigenvalue weighted by atomic mass is 19.1. The lowest BCUT2D eigenvalue weighted by molar-refractivity contribution is -0.145. The number of halogens is 1. The summed E-state index contributed by atoms with van der Waals surface area (Å²) in [6.07, 6.45) is 1.55. The molecule has 0 aromatic carbocycles. The molecule has 2 aromatic heterocycles. The SMILES string of the molecule is CCOC(=O)C(CC)c1nc(-c2ccc(F)cn2)no1. The van der Waals surface area contributed by atoms with Crippen LogP contribution in [0.3, 0.4) is 0 Å². The van der Waals surface area contributed by atoms with Gasteiger partial charge < -0.3 is 9.26 Å². The Morgan fingerprint density at radius 2 is 2.25 bits per heavy atom. The van der Waals surface area contributed by atoms with Crippen LogP contribution in [0.15, 0.2) is 22.9 Å². The topological polar surface area (TPSA) is 78.1 Å². The first-order valence-corrected chi connectivity index (χ1v) is 6.27. The van der Waals surface area contributed by atoms with Crippen LogP contribution in [-0.4, -0.2) is 27.7 Å². The molecule has 0 spiro atoms. The molecule has 0 radical (unpaired) electrons. The van der Waals surface area contributed by atoms with Crippen molar-refractivity contribution in [2.45, 2.75) is 26.2 Å². The maximum atomic E-state index is 12.8. The van der Waals surface area contributed by atoms with Gasteiger partial charge in [-0.05, 0) is 25.5 Å². The van der Waals surface area contributed by atoms with Gasteiger partial charge >= 0.3 is 5.97 Å². The predicted molar refractivity (Wildman–Crippen MR) is 67.2 cm³/mol. The molecule has 1 unspecified atom stereocenters. The van der Waals surface area contributed by atoms with Gasteiger partial charge in [0.1, 0.15) is 17.4 Å². The van der Waals surface area contributed by atoms with Crippen LogP contribution in [0.1, 0.15) is 32.1 Å². The number of aromatic nitrogens is 3. The van der Waals surface area contributed by atoms with E-state index in [4.69, 9.17) is 9.26 Å². The average Bonchev–Trinajstić information content (AvgIpc) is 2.90. The second kappa shape index (κ2) is 6.23. The molecule has 20 heavy (non-hydrogen) atoms. The van der Waals surface area contributed by atoms with Crippen molar-refractivity contribution in [2.75, 3.05) is 6.61 Å². The van der Waals surface area contributed by atoms with E-state index < -0.39 is 17.7 Å². The lowest BCUT2D eigenvalue weighted by atomic mass is 10.1. The van der Waals surface area contributed by atoms with E-state index in [9.17, 15) is 9.18 Å². The lowest BCUT2D eigenvalue weighted by Gasteiger charge is -2.08. The van der Waals surface area contributed by atoms with Crippen LogP contribution in [0.5, 0.6) is 0 Å². The molecule has 0 saturated heterocycles. The molecule has 0 aliphatic rings. The first-order chi connectivity index (χ1) is 9.65. The molecule has 0 bridgehead atoms. The molecule has 0 aliphatic heterocycles. The highest BCUT2D eigenvalue weighted by Gasteiger charge is 2.26. The monoisotopic (exact) mass is 279 g/mol. The van der Waals surface area contributed by atoms with Crippen molar-refractivity contribution >= 4 is 5.97 Å². The standard InChI is InChI=1S/C13H14FN3O3/c1-3-9(13(18)19-4-2)12-16-11(17-20-12)10-6-5-8(14)7-15-10/h5-7,9H,3-4H2,1-2H3. The van der Waals surface area contributed by atoms with Crippen LogP contribution >= 0.6 is 0 Å². The zero-order chi connectivity index (χ0) is 14.5. The Morgan fingerprint density at radius 1 is 1.45 bits per heavy atom. The molecule has 6 nitrogen and oxygen atoms in total. The van der Waals surface area contributed by atoms with Crippen LogP contribution < -0.4 is 0 Å². The van der Waals surface area contributed by atoms with Crippen molar-refractivity contribution in [1.82, 2.24) is 15.1 Å². The van der Waals surface area contributed by atoms with Crippen LogP contribution in [0.25, 0.3) is 11.5 Å². The average molecular weight is 279 g/mol. The summed E-state index contributed by atoms with van der Waals surface area (Å²) in [4.78, 5) is 19.7. The molecule has 0 saturated carbocycles. The van der Waals surface area contributed by atoms with Crippen molar-refractivity contribution in [2.24, 2.45) is 0 Å². The van der Waals surface area contributed by atoms with Gasteiger partial charge in [-0.2, -0.15) is 4.98 Å². The van der Waals surface area contributed by atoms with Crippen LogP contribution in [0, 0.1) is 5.82 Å². The number of pyridine rings is 1. The van der Waals surface area contributed by atoms with Gasteiger partial charge in [0.15, 0.2) is 0 Å². The highest BCUT2D eigenvalue weighted by molar-refractivity contribution is 5.76. The van der Waals surface area contributed by atoms with Gasteiger partial charge in [0.05, 0.1) is 12.8 Å². The van der Waals surface area contributed by atoms with Gasteiger partial charge in [-0.3, -0.25) is 4.79 Å². The highest BCUT2D eigenvalue weighted by Crippen LogP contribution is 2.22. The van der Waals surface area contributed by atoms with Crippen molar-refractivity contribution < 1.29 is 18.4 Å². The van der Waals surface area contributed by atoms with Gasteiger partial charge in [0.25, 0.3) is 0 Å². The molecule has 2 rings (SSSR count). The molecule has 2 aromatic rings. The zero-order valence-electron chi connectivity index (χ0n) is 11.2. The Hall–Kier alpha value is -2.31. The molecule has 0 fully saturated rings. The van der Waals surface area contributed by atoms with Gasteiger partial charge in [-0.15, -0.1) is 0 Å². The van der Waals surface area contributed by atoms with E-state index >= 15 is 0 Å². The van der Waals surface area contributed by atoms with E-state index in [2.05, 4.69) is 15.1 Å². The molecular formula is C13H14FN3O3. The Labute approximate surface area is 115 Å². The molecule has 2 heterocycles. The summed E-state index contributed by atoms with van der Waals surface area (Å²) in [5, 5.41) is 3.75. The van der Waals surface area contributed by atoms with Crippen LogP contribution in [0.2, 0.25) is 0 Å². The van der Waals surface area contributed by atoms with E-state index in [0.29, 0.717) is 12.1 Å². The van der Waals surface area contributed by atoms with E-state index in [0.717, 1.165) is 6.20 Å². The molecule has 0 aliphatic carbocycles. The Morgan fingerprint density at radius 3 is 2.85 bits per heavy atom. The van der Waals surface area contributed by atoms with Crippen molar-refractivity contribution in [3.8, 4) is 11.5 Å². The summed E-state index contributed by atoms with van der Waals surface area (Å²) < 4.78 is 22.8. The summed E-state index contributed by atoms with van der Waals surface area (Å²) in [6, 6.07) is 2.69. The summed E-state index contributed by atoms with van der Waals surface area (Å²) in [7, 11) is 0. The fourth-order valence-electron chi connectivity index (χ4n) is 1.67. The fourth-order valence-corrected chi connectivity index (χ4v) is 1.67. The Bertz CT molecular complexity index is 583. The number of ether oxygens (including phenoxy) is 1. The minimum atomic E-state index is -0.600. The second-order valence-electron chi connectivity index (χ2n) is 4.03. The zero-order valence-corrected chi connectivity index (χ0v) is 11.2. The molecule has 0 amide bonds. The minimum Gasteiger partial charge on any atom is -0.465 e. The number of carbonyl (C=O) groups excluding carboxylic acids is 1. The minimum absolute atomic E-state index is 0.173. The first kappa shape index (κ1) is 14.1. The third-order valence-corrected chi connectivity index (χ3v) is 2.68. The first-order valence-electron chi connectivity index (χ1n) is 6.27. The number of esters is 1. The van der Waals surface area contributed by atoms with Gasteiger partial charge in [-0.25, -0.2) is 9.37 Å². The van der Waals surface area contributed by atoms with E-state index in [1.165, 1.54) is 12.1 Å². The van der Waals surface area contributed by atoms with E-state index in [1.54, 1.807) is 6.92 Å². The number of rotatable bonds is 5. The van der Waals surface area contributed by atoms with Gasteiger partial charge in [0, 0.05) is 0 Å². The van der Waals surface area contributed by atoms with E-state index in [1.807, 2.05) is 6.92 Å². The number of nitrogens with zero attached hydrogens (tertiary/aromatic N) is 3. The third-order valence-electron chi connectivity index (χ3n) is 2.68. The summed E-state index contributed by atoms with van der Waals surface area (Å²) in [5.41, 5.74) is 0.375. The maximum Gasteiger partial charge on any atom is 0.318 e. The fraction of sp³-hybridized carbons (Fsp3) is 0.385. The van der Waals surface area contributed by atoms with Crippen molar-refractivity contribution in [3.05, 3.63) is 30.0 Å². The maximum absolute atomic E-state index is 12.8. The molecule has 1 atom stereocenters. The molecule has 7 heteroatoms. The smallest absolute Gasteiger partial charge is 0.318 e. The Balaban J connectivity index is 2.23.